The second kappa shape index (κ2) is 14.4. The lowest BCUT2D eigenvalue weighted by molar-refractivity contribution is 0.0850. The lowest BCUT2D eigenvalue weighted by Gasteiger charge is -2.30. The molecule has 0 bridgehead atoms. The topological polar surface area (TPSA) is 97.2 Å². The number of rotatable bonds is 7. The Labute approximate surface area is 281 Å². The highest BCUT2D eigenvalue weighted by molar-refractivity contribution is 5.78. The second-order valence-electron chi connectivity index (χ2n) is 12.8. The molecule has 0 radical (unpaired) electrons. The molecule has 5 heterocycles. The molecule has 2 aromatic carbocycles. The van der Waals surface area contributed by atoms with E-state index < -0.39 is 0 Å². The van der Waals surface area contributed by atoms with Gasteiger partial charge in [0.2, 0.25) is 5.95 Å². The van der Waals surface area contributed by atoms with Crippen molar-refractivity contribution < 1.29 is 4.74 Å². The van der Waals surface area contributed by atoms with Gasteiger partial charge in [-0.1, -0.05) is 36.1 Å². The highest BCUT2D eigenvalue weighted by atomic mass is 16.5. The van der Waals surface area contributed by atoms with Gasteiger partial charge in [-0.2, -0.15) is 4.98 Å². The van der Waals surface area contributed by atoms with Crippen LogP contribution in [0.4, 0.5) is 17.3 Å². The first-order valence-corrected chi connectivity index (χ1v) is 16.8. The van der Waals surface area contributed by atoms with Gasteiger partial charge in [0.05, 0.1) is 17.8 Å². The van der Waals surface area contributed by atoms with Crippen molar-refractivity contribution in [3.63, 3.8) is 0 Å². The Morgan fingerprint density at radius 3 is 2.44 bits per heavy atom. The van der Waals surface area contributed by atoms with Gasteiger partial charge in [0.15, 0.2) is 0 Å². The van der Waals surface area contributed by atoms with Crippen molar-refractivity contribution in [3.8, 4) is 11.8 Å². The van der Waals surface area contributed by atoms with Crippen LogP contribution in [0, 0.1) is 18.8 Å². The van der Waals surface area contributed by atoms with Crippen molar-refractivity contribution >= 4 is 28.4 Å². The number of nitrogens with zero attached hydrogens (tertiary/aromatic N) is 5. The molecular weight excluding hydrogens is 598 g/mol. The van der Waals surface area contributed by atoms with E-state index in [4.69, 9.17) is 14.7 Å². The molecule has 0 atom stereocenters. The Kier molecular flexibility index (Phi) is 9.46. The van der Waals surface area contributed by atoms with E-state index in [1.165, 1.54) is 0 Å². The van der Waals surface area contributed by atoms with Crippen LogP contribution in [0.15, 0.2) is 83.9 Å². The van der Waals surface area contributed by atoms with Crippen LogP contribution in [-0.2, 0) is 11.3 Å². The molecular formula is C39H41N7O2. The summed E-state index contributed by atoms with van der Waals surface area (Å²) in [7, 11) is 2.17. The summed E-state index contributed by atoms with van der Waals surface area (Å²) in [4.78, 5) is 30.9. The minimum absolute atomic E-state index is 0.207. The van der Waals surface area contributed by atoms with E-state index in [1.807, 2.05) is 49.4 Å². The van der Waals surface area contributed by atoms with Crippen molar-refractivity contribution in [1.82, 2.24) is 24.4 Å². The van der Waals surface area contributed by atoms with Crippen LogP contribution in [-0.4, -0.2) is 63.8 Å². The van der Waals surface area contributed by atoms with Crippen LogP contribution in [0.5, 0.6) is 0 Å². The molecule has 244 valence electrons. The number of benzene rings is 2. The predicted octanol–water partition coefficient (Wildman–Crippen LogP) is 6.09. The van der Waals surface area contributed by atoms with Crippen molar-refractivity contribution in [2.24, 2.45) is 0 Å². The maximum absolute atomic E-state index is 14.2. The molecule has 0 amide bonds. The Balaban J connectivity index is 1.22. The molecule has 3 aromatic heterocycles. The molecule has 0 spiro atoms. The van der Waals surface area contributed by atoms with Crippen molar-refractivity contribution in [3.05, 3.63) is 117 Å². The van der Waals surface area contributed by atoms with E-state index in [0.29, 0.717) is 29.1 Å². The Morgan fingerprint density at radius 2 is 1.65 bits per heavy atom. The molecule has 48 heavy (non-hydrogen) atoms. The Morgan fingerprint density at radius 1 is 0.896 bits per heavy atom. The summed E-state index contributed by atoms with van der Waals surface area (Å²) < 4.78 is 7.33. The third-order valence-electron chi connectivity index (χ3n) is 9.43. The lowest BCUT2D eigenvalue weighted by atomic mass is 9.90. The molecule has 0 saturated carbocycles. The normalized spacial score (nSPS) is 16.0. The number of hydrogen-bond donors (Lipinski definition) is 2. The van der Waals surface area contributed by atoms with Crippen LogP contribution >= 0.6 is 0 Å². The van der Waals surface area contributed by atoms with E-state index >= 15 is 0 Å². The monoisotopic (exact) mass is 639 g/mol. The van der Waals surface area contributed by atoms with Crippen LogP contribution < -0.4 is 16.2 Å². The van der Waals surface area contributed by atoms with Crippen LogP contribution in [0.25, 0.3) is 11.0 Å². The van der Waals surface area contributed by atoms with Crippen molar-refractivity contribution in [2.75, 3.05) is 44.0 Å². The maximum Gasteiger partial charge on any atom is 0.268 e. The first-order valence-electron chi connectivity index (χ1n) is 16.8. The third kappa shape index (κ3) is 7.25. The highest BCUT2D eigenvalue weighted by Crippen LogP contribution is 2.29. The fourth-order valence-electron chi connectivity index (χ4n) is 6.58. The number of hydrogen-bond acceptors (Lipinski definition) is 8. The van der Waals surface area contributed by atoms with Crippen LogP contribution in [0.3, 0.4) is 0 Å². The number of likely N-dealkylation sites (tertiary alicyclic amines) is 1. The second-order valence-corrected chi connectivity index (χ2v) is 12.8. The summed E-state index contributed by atoms with van der Waals surface area (Å²) in [5, 5.41) is 7.74. The number of nitrogens with one attached hydrogen (secondary N) is 2. The number of aryl methyl sites for hydroxylation is 1. The summed E-state index contributed by atoms with van der Waals surface area (Å²) in [6, 6.07) is 22.5. The fourth-order valence-corrected chi connectivity index (χ4v) is 6.58. The third-order valence-corrected chi connectivity index (χ3v) is 9.43. The fraction of sp³-hybridized carbons (Fsp3) is 0.333. The maximum atomic E-state index is 14.2. The van der Waals surface area contributed by atoms with Gasteiger partial charge < -0.3 is 20.3 Å². The van der Waals surface area contributed by atoms with Gasteiger partial charge in [-0.3, -0.25) is 14.3 Å². The summed E-state index contributed by atoms with van der Waals surface area (Å²) in [6.07, 6.45) is 7.68. The van der Waals surface area contributed by atoms with Crippen LogP contribution in [0.2, 0.25) is 0 Å². The largest absolute Gasteiger partial charge is 0.382 e. The van der Waals surface area contributed by atoms with Crippen molar-refractivity contribution in [2.45, 2.75) is 51.1 Å². The van der Waals surface area contributed by atoms with Gasteiger partial charge in [-0.25, -0.2) is 4.98 Å². The average molecular weight is 640 g/mol. The van der Waals surface area contributed by atoms with Gasteiger partial charge in [0, 0.05) is 54.0 Å². The van der Waals surface area contributed by atoms with Crippen molar-refractivity contribution in [1.29, 1.82) is 0 Å². The molecule has 0 aliphatic carbocycles. The molecule has 2 saturated heterocycles. The molecule has 9 nitrogen and oxygen atoms in total. The Hall–Kier alpha value is -5.04. The molecule has 0 unspecified atom stereocenters. The zero-order valence-electron chi connectivity index (χ0n) is 27.6. The number of pyridine rings is 2. The van der Waals surface area contributed by atoms with E-state index in [0.717, 1.165) is 91.1 Å². The zero-order chi connectivity index (χ0) is 32.9. The molecule has 9 heteroatoms. The standard InChI is InChI=1S/C39H41N7O2/c1-27-6-3-4-7-28(27)9-10-30-24-31-25-41-39(43-33-13-11-32(12-14-33)42-34-15-20-45(2)21-16-34)44-37(31)46(38(30)47)26-36-35(8-5-19-40-36)29-17-22-48-23-18-29/h3-8,11-14,19,24-25,29,34,42H,15-18,20-23,26H2,1-2H3,(H,41,43,44). The molecule has 2 aliphatic heterocycles. The summed E-state index contributed by atoms with van der Waals surface area (Å²) in [5.74, 6) is 7.11. The summed E-state index contributed by atoms with van der Waals surface area (Å²) >= 11 is 0. The number of aromatic nitrogens is 4. The van der Waals surface area contributed by atoms with Crippen LogP contribution in [0.1, 0.15) is 59.5 Å². The van der Waals surface area contributed by atoms with Gasteiger partial charge in [0.1, 0.15) is 5.65 Å². The average Bonchev–Trinajstić information content (AvgIpc) is 3.12. The number of anilines is 3. The predicted molar refractivity (Wildman–Crippen MR) is 191 cm³/mol. The number of ether oxygens (including phenoxy) is 1. The van der Waals surface area contributed by atoms with E-state index in [9.17, 15) is 4.79 Å². The van der Waals surface area contributed by atoms with E-state index in [-0.39, 0.29) is 12.1 Å². The molecule has 5 aromatic rings. The summed E-state index contributed by atoms with van der Waals surface area (Å²) in [5.41, 5.74) is 6.64. The minimum Gasteiger partial charge on any atom is -0.382 e. The highest BCUT2D eigenvalue weighted by Gasteiger charge is 2.21. The first kappa shape index (κ1) is 31.6. The lowest BCUT2D eigenvalue weighted by Crippen LogP contribution is -2.36. The number of piperidine rings is 1. The first-order chi connectivity index (χ1) is 23.5. The zero-order valence-corrected chi connectivity index (χ0v) is 27.6. The van der Waals surface area contributed by atoms with Gasteiger partial charge in [0.25, 0.3) is 5.56 Å². The molecule has 7 rings (SSSR count). The smallest absolute Gasteiger partial charge is 0.268 e. The Bertz CT molecular complexity index is 2020. The molecule has 2 fully saturated rings. The van der Waals surface area contributed by atoms with E-state index in [1.54, 1.807) is 23.0 Å². The minimum atomic E-state index is -0.207. The molecule has 2 N–H and O–H groups in total. The van der Waals surface area contributed by atoms with Gasteiger partial charge >= 0.3 is 0 Å². The van der Waals surface area contributed by atoms with Gasteiger partial charge in [-0.05, 0) is 112 Å². The van der Waals surface area contributed by atoms with Gasteiger partial charge in [-0.15, -0.1) is 0 Å². The quantitative estimate of drug-likeness (QED) is 0.207. The summed E-state index contributed by atoms with van der Waals surface area (Å²) in [6.45, 7) is 5.96. The SMILES string of the molecule is Cc1ccccc1C#Cc1cc2cnc(Nc3ccc(NC4CCN(C)CC4)cc3)nc2n(Cc2ncccc2C2CCOCC2)c1=O. The van der Waals surface area contributed by atoms with E-state index in [2.05, 4.69) is 57.6 Å². The molecule has 2 aliphatic rings. The number of fused-ring (bicyclic) bond motifs is 1.